The average molecular weight is 439 g/mol. The summed E-state index contributed by atoms with van der Waals surface area (Å²) in [5.41, 5.74) is 1.92. The van der Waals surface area contributed by atoms with E-state index < -0.39 is 0 Å². The molecule has 1 N–H and O–H groups in total. The van der Waals surface area contributed by atoms with Crippen LogP contribution in [-0.4, -0.2) is 49.2 Å². The third-order valence-electron chi connectivity index (χ3n) is 5.59. The first kappa shape index (κ1) is 21.2. The van der Waals surface area contributed by atoms with Crippen molar-refractivity contribution in [3.05, 3.63) is 58.7 Å². The summed E-state index contributed by atoms with van der Waals surface area (Å²) in [5.74, 6) is 0.716. The minimum atomic E-state index is -0.00152. The van der Waals surface area contributed by atoms with Gasteiger partial charge < -0.3 is 10.2 Å². The summed E-state index contributed by atoms with van der Waals surface area (Å²) in [6.07, 6.45) is 5.44. The van der Waals surface area contributed by atoms with Gasteiger partial charge in [0.2, 0.25) is 5.91 Å². The van der Waals surface area contributed by atoms with Crippen molar-refractivity contribution >= 4 is 29.2 Å². The Morgan fingerprint density at radius 2 is 1.94 bits per heavy atom. The molecule has 4 rings (SSSR count). The van der Waals surface area contributed by atoms with Crippen LogP contribution < -0.4 is 5.32 Å². The van der Waals surface area contributed by atoms with Gasteiger partial charge in [0.05, 0.1) is 17.9 Å². The predicted molar refractivity (Wildman–Crippen MR) is 119 cm³/mol. The van der Waals surface area contributed by atoms with E-state index in [2.05, 4.69) is 32.1 Å². The number of likely N-dealkylation sites (tertiary alicyclic amines) is 1. The Bertz CT molecular complexity index is 1020. The number of rotatable bonds is 7. The Morgan fingerprint density at radius 1 is 1.16 bits per heavy atom. The van der Waals surface area contributed by atoms with Crippen LogP contribution >= 0.6 is 11.5 Å². The maximum absolute atomic E-state index is 12.7. The van der Waals surface area contributed by atoms with Crippen molar-refractivity contribution in [2.24, 2.45) is 0 Å². The van der Waals surface area contributed by atoms with E-state index in [1.165, 1.54) is 5.56 Å². The molecule has 1 aliphatic rings. The third-order valence-corrected chi connectivity index (χ3v) is 6.41. The Morgan fingerprint density at radius 3 is 2.65 bits per heavy atom. The zero-order valence-electron chi connectivity index (χ0n) is 17.5. The summed E-state index contributed by atoms with van der Waals surface area (Å²) < 4.78 is 5.75. The lowest BCUT2D eigenvalue weighted by Gasteiger charge is -2.32. The number of carbonyl (C=O) groups excluding carboxylic acids is 2. The number of nitrogens with one attached hydrogen (secondary N) is 1. The van der Waals surface area contributed by atoms with Crippen LogP contribution in [0.4, 0.5) is 5.82 Å². The summed E-state index contributed by atoms with van der Waals surface area (Å²) in [7, 11) is 0. The quantitative estimate of drug-likeness (QED) is 0.610. The standard InChI is InChI=1S/C22H26N6O2S/c1-16-21(31-26-25-16)22(30)27-14-11-18(12-15-27)28-19(10-13-23-28)24-20(29)9-5-8-17-6-3-2-4-7-17/h2-4,6-7,10,13,18H,5,8-9,11-12,14-15H2,1H3,(H,24,29). The van der Waals surface area contributed by atoms with Gasteiger partial charge in [-0.1, -0.05) is 34.8 Å². The molecule has 0 unspecified atom stereocenters. The van der Waals surface area contributed by atoms with Crippen molar-refractivity contribution in [3.8, 4) is 0 Å². The number of piperidine rings is 1. The molecule has 3 aromatic rings. The van der Waals surface area contributed by atoms with Crippen molar-refractivity contribution in [1.82, 2.24) is 24.3 Å². The number of hydrogen-bond donors (Lipinski definition) is 1. The normalized spacial score (nSPS) is 14.5. The number of aromatic nitrogens is 4. The minimum absolute atomic E-state index is 0.00142. The highest BCUT2D eigenvalue weighted by Gasteiger charge is 2.28. The van der Waals surface area contributed by atoms with E-state index >= 15 is 0 Å². The lowest BCUT2D eigenvalue weighted by Crippen LogP contribution is -2.39. The van der Waals surface area contributed by atoms with E-state index in [0.29, 0.717) is 30.1 Å². The molecule has 8 nitrogen and oxygen atoms in total. The van der Waals surface area contributed by atoms with Crippen LogP contribution in [0.15, 0.2) is 42.6 Å². The van der Waals surface area contributed by atoms with Gasteiger partial charge in [-0.2, -0.15) is 5.10 Å². The van der Waals surface area contributed by atoms with E-state index in [1.54, 1.807) is 6.20 Å². The SMILES string of the molecule is Cc1nnsc1C(=O)N1CCC(n2nccc2NC(=O)CCCc2ccccc2)CC1. The number of carbonyl (C=O) groups is 2. The van der Waals surface area contributed by atoms with Crippen LogP contribution in [0, 0.1) is 6.92 Å². The monoisotopic (exact) mass is 438 g/mol. The molecule has 1 saturated heterocycles. The summed E-state index contributed by atoms with van der Waals surface area (Å²) in [5, 5.41) is 11.4. The molecule has 1 aliphatic heterocycles. The number of anilines is 1. The molecule has 1 aromatic carbocycles. The van der Waals surface area contributed by atoms with Crippen molar-refractivity contribution in [2.75, 3.05) is 18.4 Å². The van der Waals surface area contributed by atoms with Gasteiger partial charge in [0.1, 0.15) is 10.7 Å². The second-order valence-electron chi connectivity index (χ2n) is 7.76. The van der Waals surface area contributed by atoms with Crippen molar-refractivity contribution in [2.45, 2.75) is 45.1 Å². The fourth-order valence-electron chi connectivity index (χ4n) is 3.89. The van der Waals surface area contributed by atoms with Gasteiger partial charge >= 0.3 is 0 Å². The van der Waals surface area contributed by atoms with Crippen LogP contribution in [0.2, 0.25) is 0 Å². The molecule has 2 aromatic heterocycles. The van der Waals surface area contributed by atoms with E-state index in [4.69, 9.17) is 0 Å². The highest BCUT2D eigenvalue weighted by Crippen LogP contribution is 2.27. The molecule has 0 atom stereocenters. The van der Waals surface area contributed by atoms with E-state index in [1.807, 2.05) is 40.8 Å². The maximum Gasteiger partial charge on any atom is 0.267 e. The minimum Gasteiger partial charge on any atom is -0.338 e. The summed E-state index contributed by atoms with van der Waals surface area (Å²) >= 11 is 1.15. The topological polar surface area (TPSA) is 93.0 Å². The second-order valence-corrected chi connectivity index (χ2v) is 8.51. The summed E-state index contributed by atoms with van der Waals surface area (Å²) in [6.45, 7) is 3.10. The molecule has 0 radical (unpaired) electrons. The zero-order valence-corrected chi connectivity index (χ0v) is 18.3. The van der Waals surface area contributed by atoms with Gasteiger partial charge in [-0.05, 0) is 49.7 Å². The first-order chi connectivity index (χ1) is 15.1. The van der Waals surface area contributed by atoms with Crippen LogP contribution in [-0.2, 0) is 11.2 Å². The first-order valence-corrected chi connectivity index (χ1v) is 11.3. The van der Waals surface area contributed by atoms with Gasteiger partial charge in [-0.3, -0.25) is 9.59 Å². The summed E-state index contributed by atoms with van der Waals surface area (Å²) in [6, 6.07) is 12.2. The van der Waals surface area contributed by atoms with Crippen LogP contribution in [0.1, 0.15) is 52.7 Å². The Labute approximate surface area is 185 Å². The molecular weight excluding hydrogens is 412 g/mol. The van der Waals surface area contributed by atoms with Gasteiger partial charge in [-0.25, -0.2) is 4.68 Å². The molecule has 0 saturated carbocycles. The van der Waals surface area contributed by atoms with Crippen LogP contribution in [0.5, 0.6) is 0 Å². The second kappa shape index (κ2) is 9.82. The van der Waals surface area contributed by atoms with Crippen molar-refractivity contribution in [1.29, 1.82) is 0 Å². The lowest BCUT2D eigenvalue weighted by molar-refractivity contribution is -0.116. The molecule has 0 spiro atoms. The van der Waals surface area contributed by atoms with E-state index in [0.717, 1.165) is 43.0 Å². The van der Waals surface area contributed by atoms with Gasteiger partial charge in [0, 0.05) is 25.6 Å². The molecule has 0 bridgehead atoms. The van der Waals surface area contributed by atoms with Crippen LogP contribution in [0.3, 0.4) is 0 Å². The lowest BCUT2D eigenvalue weighted by atomic mass is 10.0. The molecule has 2 amide bonds. The molecule has 9 heteroatoms. The molecule has 31 heavy (non-hydrogen) atoms. The fraction of sp³-hybridized carbons (Fsp3) is 0.409. The zero-order chi connectivity index (χ0) is 21.6. The highest BCUT2D eigenvalue weighted by molar-refractivity contribution is 7.07. The molecule has 0 aliphatic carbocycles. The largest absolute Gasteiger partial charge is 0.338 e. The smallest absolute Gasteiger partial charge is 0.267 e. The third kappa shape index (κ3) is 5.16. The summed E-state index contributed by atoms with van der Waals surface area (Å²) in [4.78, 5) is 27.6. The van der Waals surface area contributed by atoms with E-state index in [-0.39, 0.29) is 17.9 Å². The number of hydrogen-bond acceptors (Lipinski definition) is 6. The van der Waals surface area contributed by atoms with Gasteiger partial charge in [0.25, 0.3) is 5.91 Å². The van der Waals surface area contributed by atoms with Crippen molar-refractivity contribution < 1.29 is 9.59 Å². The molecule has 1 fully saturated rings. The van der Waals surface area contributed by atoms with Crippen molar-refractivity contribution in [3.63, 3.8) is 0 Å². The number of nitrogens with zero attached hydrogens (tertiary/aromatic N) is 5. The van der Waals surface area contributed by atoms with Crippen LogP contribution in [0.25, 0.3) is 0 Å². The van der Waals surface area contributed by atoms with Gasteiger partial charge in [0.15, 0.2) is 0 Å². The molecular formula is C22H26N6O2S. The maximum atomic E-state index is 12.7. The Hall–Kier alpha value is -3.07. The Kier molecular flexibility index (Phi) is 6.71. The fourth-order valence-corrected chi connectivity index (χ4v) is 4.52. The Balaban J connectivity index is 1.28. The van der Waals surface area contributed by atoms with E-state index in [9.17, 15) is 9.59 Å². The van der Waals surface area contributed by atoms with Gasteiger partial charge in [-0.15, -0.1) is 5.10 Å². The highest BCUT2D eigenvalue weighted by atomic mass is 32.1. The average Bonchev–Trinajstić information content (AvgIpc) is 3.43. The molecule has 162 valence electrons. The molecule has 3 heterocycles. The number of benzene rings is 1. The first-order valence-electron chi connectivity index (χ1n) is 10.6. The predicted octanol–water partition coefficient (Wildman–Crippen LogP) is 3.48. The number of aryl methyl sites for hydroxylation is 2. The number of amides is 2.